The Morgan fingerprint density at radius 1 is 1.27 bits per heavy atom. The second-order valence-corrected chi connectivity index (χ2v) is 10.3. The van der Waals surface area contributed by atoms with Crippen LogP contribution in [0.15, 0.2) is 23.1 Å². The lowest BCUT2D eigenvalue weighted by Gasteiger charge is -2.18. The van der Waals surface area contributed by atoms with Crippen molar-refractivity contribution >= 4 is 43.9 Å². The molecule has 13 heteroatoms. The number of carbonyl (C=O) groups excluding carboxylic acids is 2. The summed E-state index contributed by atoms with van der Waals surface area (Å²) in [5.74, 6) is -1.52. The van der Waals surface area contributed by atoms with E-state index in [0.29, 0.717) is 11.4 Å². The summed E-state index contributed by atoms with van der Waals surface area (Å²) in [5, 5.41) is 14.4. The molecule has 0 fully saturated rings. The smallest absolute Gasteiger partial charge is 0.312 e. The second kappa shape index (κ2) is 9.85. The van der Waals surface area contributed by atoms with Gasteiger partial charge in [0, 0.05) is 24.0 Å². The van der Waals surface area contributed by atoms with Crippen LogP contribution in [0, 0.1) is 10.1 Å². The Bertz CT molecular complexity index is 1200. The van der Waals surface area contributed by atoms with Crippen molar-refractivity contribution in [2.24, 2.45) is 5.73 Å². The molecule has 2 amide bonds. The van der Waals surface area contributed by atoms with Gasteiger partial charge >= 0.3 is 5.69 Å². The highest BCUT2D eigenvalue weighted by atomic mass is 32.2. The van der Waals surface area contributed by atoms with Crippen molar-refractivity contribution in [3.05, 3.63) is 44.3 Å². The van der Waals surface area contributed by atoms with Crippen LogP contribution < -0.4 is 15.8 Å². The highest BCUT2D eigenvalue weighted by molar-refractivity contribution is 7.89. The summed E-state index contributed by atoms with van der Waals surface area (Å²) in [6.45, 7) is 3.17. The third-order valence-corrected chi connectivity index (χ3v) is 8.50. The zero-order valence-electron chi connectivity index (χ0n) is 18.1. The molecule has 0 spiro atoms. The monoisotopic (exact) mass is 496 g/mol. The molecule has 0 unspecified atom stereocenters. The van der Waals surface area contributed by atoms with Gasteiger partial charge in [0.05, 0.1) is 15.4 Å². The molecule has 1 heterocycles. The van der Waals surface area contributed by atoms with E-state index in [2.05, 4.69) is 5.32 Å². The van der Waals surface area contributed by atoms with Gasteiger partial charge in [-0.05, 0) is 37.0 Å². The number of nitro groups is 1. The first-order chi connectivity index (χ1) is 15.6. The second-order valence-electron chi connectivity index (χ2n) is 7.24. The van der Waals surface area contributed by atoms with Gasteiger partial charge in [0.1, 0.15) is 5.00 Å². The number of primary amides is 1. The van der Waals surface area contributed by atoms with Gasteiger partial charge in [0.2, 0.25) is 10.0 Å². The van der Waals surface area contributed by atoms with Gasteiger partial charge in [-0.25, -0.2) is 8.42 Å². The number of hydrogen-bond acceptors (Lipinski definition) is 8. The van der Waals surface area contributed by atoms with Crippen LogP contribution in [0.5, 0.6) is 5.75 Å². The van der Waals surface area contributed by atoms with E-state index in [1.807, 2.05) is 0 Å². The zero-order valence-corrected chi connectivity index (χ0v) is 19.8. The number of nitrogens with zero attached hydrogens (tertiary/aromatic N) is 2. The maximum atomic E-state index is 12.7. The van der Waals surface area contributed by atoms with Crippen molar-refractivity contribution in [3.63, 3.8) is 0 Å². The van der Waals surface area contributed by atoms with Crippen LogP contribution in [0.3, 0.4) is 0 Å². The molecule has 0 bridgehead atoms. The number of fused-ring (bicyclic) bond motifs is 1. The van der Waals surface area contributed by atoms with Crippen LogP contribution in [-0.2, 0) is 27.7 Å². The maximum Gasteiger partial charge on any atom is 0.312 e. The third-order valence-electron chi connectivity index (χ3n) is 5.25. The summed E-state index contributed by atoms with van der Waals surface area (Å²) >= 11 is 1.28. The number of aryl methyl sites for hydroxylation is 1. The molecule has 2 aromatic rings. The lowest BCUT2D eigenvalue weighted by molar-refractivity contribution is -0.386. The highest BCUT2D eigenvalue weighted by Gasteiger charge is 2.28. The molecule has 3 rings (SSSR count). The van der Waals surface area contributed by atoms with E-state index in [9.17, 15) is 28.1 Å². The molecule has 0 atom stereocenters. The Morgan fingerprint density at radius 3 is 2.58 bits per heavy atom. The van der Waals surface area contributed by atoms with Crippen molar-refractivity contribution in [2.45, 2.75) is 38.0 Å². The minimum atomic E-state index is -3.91. The average molecular weight is 497 g/mol. The standard InChI is InChI=1S/C20H24N4O7S2/c1-3-23(4-2)33(29,30)12-8-9-15(14(10-12)24(27)28)31-11-17(25)22-20-18(19(21)26)13-6-5-7-16(13)32-20/h8-10H,3-7,11H2,1-2H3,(H2,21,26)(H,22,25). The SMILES string of the molecule is CCN(CC)S(=O)(=O)c1ccc(OCC(=O)Nc2sc3c(c2C(N)=O)CCC3)c([N+](=O)[O-])c1. The lowest BCUT2D eigenvalue weighted by atomic mass is 10.1. The van der Waals surface area contributed by atoms with Crippen LogP contribution in [0.2, 0.25) is 0 Å². The predicted octanol–water partition coefficient (Wildman–Crippen LogP) is 2.29. The summed E-state index contributed by atoms with van der Waals surface area (Å²) in [6, 6.07) is 3.26. The molecule has 1 aromatic carbocycles. The number of rotatable bonds is 10. The lowest BCUT2D eigenvalue weighted by Crippen LogP contribution is -2.30. The third kappa shape index (κ3) is 4.99. The van der Waals surface area contributed by atoms with Crippen molar-refractivity contribution in [3.8, 4) is 5.75 Å². The largest absolute Gasteiger partial charge is 0.477 e. The number of hydrogen-bond donors (Lipinski definition) is 2. The molecule has 11 nitrogen and oxygen atoms in total. The zero-order chi connectivity index (χ0) is 24.3. The van der Waals surface area contributed by atoms with Crippen LogP contribution >= 0.6 is 11.3 Å². The van der Waals surface area contributed by atoms with E-state index in [-0.39, 0.29) is 29.3 Å². The van der Waals surface area contributed by atoms with Crippen molar-refractivity contribution in [1.82, 2.24) is 4.31 Å². The average Bonchev–Trinajstić information content (AvgIpc) is 3.33. The minimum absolute atomic E-state index is 0.213. The summed E-state index contributed by atoms with van der Waals surface area (Å²) < 4.78 is 31.8. The Kier molecular flexibility index (Phi) is 7.34. The van der Waals surface area contributed by atoms with Gasteiger partial charge in [0.15, 0.2) is 12.4 Å². The summed E-state index contributed by atoms with van der Waals surface area (Å²) in [4.78, 5) is 35.8. The van der Waals surface area contributed by atoms with Gasteiger partial charge in [-0.2, -0.15) is 4.31 Å². The number of anilines is 1. The first kappa shape index (κ1) is 24.6. The van der Waals surface area contributed by atoms with Crippen LogP contribution in [0.4, 0.5) is 10.7 Å². The Morgan fingerprint density at radius 2 is 1.97 bits per heavy atom. The molecular weight excluding hydrogens is 472 g/mol. The number of amides is 2. The quantitative estimate of drug-likeness (QED) is 0.376. The van der Waals surface area contributed by atoms with Crippen LogP contribution in [0.1, 0.15) is 41.1 Å². The first-order valence-electron chi connectivity index (χ1n) is 10.3. The van der Waals surface area contributed by atoms with E-state index in [0.717, 1.165) is 35.4 Å². The van der Waals surface area contributed by atoms with E-state index in [1.165, 1.54) is 21.7 Å². The Hall–Kier alpha value is -3.03. The fraction of sp³-hybridized carbons (Fsp3) is 0.400. The van der Waals surface area contributed by atoms with Crippen molar-refractivity contribution in [2.75, 3.05) is 25.0 Å². The minimum Gasteiger partial charge on any atom is -0.477 e. The topological polar surface area (TPSA) is 162 Å². The molecule has 3 N–H and O–H groups in total. The number of nitrogens with two attached hydrogens (primary N) is 1. The normalized spacial score (nSPS) is 13.1. The van der Waals surface area contributed by atoms with Crippen LogP contribution in [0.25, 0.3) is 0 Å². The first-order valence-corrected chi connectivity index (χ1v) is 12.5. The molecule has 1 aliphatic carbocycles. The number of sulfonamides is 1. The number of ether oxygens (including phenoxy) is 1. The van der Waals surface area contributed by atoms with Gasteiger partial charge < -0.3 is 15.8 Å². The molecular formula is C20H24N4O7S2. The Balaban J connectivity index is 1.77. The molecule has 0 saturated carbocycles. The molecule has 178 valence electrons. The molecule has 1 aromatic heterocycles. The fourth-order valence-electron chi connectivity index (χ4n) is 3.69. The molecule has 1 aliphatic rings. The maximum absolute atomic E-state index is 12.7. The Labute approximate surface area is 194 Å². The van der Waals surface area contributed by atoms with Crippen LogP contribution in [-0.4, -0.2) is 49.2 Å². The summed E-state index contributed by atoms with van der Waals surface area (Å²) in [5.41, 5.74) is 6.04. The van der Waals surface area contributed by atoms with E-state index < -0.39 is 39.1 Å². The van der Waals surface area contributed by atoms with E-state index in [4.69, 9.17) is 10.5 Å². The number of carbonyl (C=O) groups is 2. The predicted molar refractivity (Wildman–Crippen MR) is 122 cm³/mol. The number of thiophene rings is 1. The molecule has 0 aliphatic heterocycles. The highest BCUT2D eigenvalue weighted by Crippen LogP contribution is 2.39. The van der Waals surface area contributed by atoms with Gasteiger partial charge in [-0.3, -0.25) is 19.7 Å². The van der Waals surface area contributed by atoms with Gasteiger partial charge in [-0.15, -0.1) is 11.3 Å². The number of nitro benzene ring substituents is 1. The summed E-state index contributed by atoms with van der Waals surface area (Å²) in [6.07, 6.45) is 2.44. The van der Waals surface area contributed by atoms with Crippen molar-refractivity contribution in [1.29, 1.82) is 0 Å². The molecule has 0 radical (unpaired) electrons. The van der Waals surface area contributed by atoms with Crippen molar-refractivity contribution < 1.29 is 27.7 Å². The number of nitrogens with one attached hydrogen (secondary N) is 1. The van der Waals surface area contributed by atoms with E-state index in [1.54, 1.807) is 13.8 Å². The number of benzene rings is 1. The summed E-state index contributed by atoms with van der Waals surface area (Å²) in [7, 11) is -3.91. The fourth-order valence-corrected chi connectivity index (χ4v) is 6.48. The van der Waals surface area contributed by atoms with Gasteiger partial charge in [-0.1, -0.05) is 13.8 Å². The molecule has 0 saturated heterocycles. The molecule has 33 heavy (non-hydrogen) atoms. The van der Waals surface area contributed by atoms with E-state index >= 15 is 0 Å². The van der Waals surface area contributed by atoms with Gasteiger partial charge in [0.25, 0.3) is 11.8 Å².